The van der Waals surface area contributed by atoms with Gasteiger partial charge in [-0.15, -0.1) is 0 Å². The molecule has 5 heteroatoms. The quantitative estimate of drug-likeness (QED) is 0.744. The van der Waals surface area contributed by atoms with E-state index in [4.69, 9.17) is 16.3 Å². The summed E-state index contributed by atoms with van der Waals surface area (Å²) in [6.45, 7) is 6.28. The average Bonchev–Trinajstić information content (AvgIpc) is 2.37. The first kappa shape index (κ1) is 15.5. The zero-order valence-corrected chi connectivity index (χ0v) is 12.9. The summed E-state index contributed by atoms with van der Waals surface area (Å²) in [5.74, 6) is -0.0662. The van der Waals surface area contributed by atoms with Crippen LogP contribution in [0, 0.1) is 0 Å². The van der Waals surface area contributed by atoms with E-state index in [2.05, 4.69) is 15.9 Å². The molecule has 1 amide bonds. The molecule has 0 N–H and O–H groups in total. The number of ether oxygens (including phenoxy) is 1. The molecule has 0 unspecified atom stereocenters. The fourth-order valence-corrected chi connectivity index (χ4v) is 2.11. The van der Waals surface area contributed by atoms with Gasteiger partial charge in [-0.3, -0.25) is 4.79 Å². The van der Waals surface area contributed by atoms with Crippen LogP contribution < -0.4 is 0 Å². The predicted octanol–water partition coefficient (Wildman–Crippen LogP) is 3.60. The molecule has 0 fully saturated rings. The number of benzene rings is 1. The summed E-state index contributed by atoms with van der Waals surface area (Å²) in [5.41, 5.74) is 0.518. The molecule has 0 aliphatic heterocycles. The summed E-state index contributed by atoms with van der Waals surface area (Å²) < 4.78 is 6.11. The second kappa shape index (κ2) is 7.77. The van der Waals surface area contributed by atoms with Crippen LogP contribution in [0.3, 0.4) is 0 Å². The topological polar surface area (TPSA) is 29.5 Å². The second-order valence-corrected chi connectivity index (χ2v) is 5.03. The van der Waals surface area contributed by atoms with Crippen LogP contribution in [-0.4, -0.2) is 37.1 Å². The molecule has 1 aromatic carbocycles. The van der Waals surface area contributed by atoms with E-state index in [9.17, 15) is 4.79 Å². The summed E-state index contributed by atoms with van der Waals surface area (Å²) in [6.07, 6.45) is 0. The molecule has 0 heterocycles. The van der Waals surface area contributed by atoms with E-state index in [1.165, 1.54) is 0 Å². The van der Waals surface area contributed by atoms with Gasteiger partial charge in [0.25, 0.3) is 5.91 Å². The first-order valence-electron chi connectivity index (χ1n) is 5.92. The summed E-state index contributed by atoms with van der Waals surface area (Å²) in [4.78, 5) is 14.0. The van der Waals surface area contributed by atoms with Crippen molar-refractivity contribution in [1.82, 2.24) is 4.90 Å². The average molecular weight is 335 g/mol. The predicted molar refractivity (Wildman–Crippen MR) is 77.2 cm³/mol. The van der Waals surface area contributed by atoms with E-state index in [0.29, 0.717) is 36.9 Å². The minimum Gasteiger partial charge on any atom is -0.380 e. The van der Waals surface area contributed by atoms with Crippen LogP contribution in [0.4, 0.5) is 0 Å². The molecule has 0 bridgehead atoms. The number of likely N-dealkylation sites (N-methyl/N-ethyl adjacent to an activating group) is 1. The van der Waals surface area contributed by atoms with Gasteiger partial charge in [0.1, 0.15) is 0 Å². The molecule has 0 saturated carbocycles. The zero-order valence-electron chi connectivity index (χ0n) is 10.6. The molecule has 0 radical (unpaired) electrons. The minimum atomic E-state index is -0.0662. The van der Waals surface area contributed by atoms with Gasteiger partial charge < -0.3 is 9.64 Å². The van der Waals surface area contributed by atoms with Gasteiger partial charge in [-0.1, -0.05) is 27.5 Å². The summed E-state index contributed by atoms with van der Waals surface area (Å²) in [5, 5.41) is 0.470. The molecule has 3 nitrogen and oxygen atoms in total. The highest BCUT2D eigenvalue weighted by atomic mass is 79.9. The number of halogens is 2. The van der Waals surface area contributed by atoms with Crippen molar-refractivity contribution in [3.63, 3.8) is 0 Å². The fourth-order valence-electron chi connectivity index (χ4n) is 1.55. The number of rotatable bonds is 6. The standard InChI is InChI=1S/C13H17BrClNO2/c1-3-16(7-8-18-4-2)13(17)11-9-10(14)5-6-12(11)15/h5-6,9H,3-4,7-8H2,1-2H3. The van der Waals surface area contributed by atoms with E-state index < -0.39 is 0 Å². The van der Waals surface area contributed by atoms with Crippen LogP contribution in [0.15, 0.2) is 22.7 Å². The summed E-state index contributed by atoms with van der Waals surface area (Å²) >= 11 is 9.40. The van der Waals surface area contributed by atoms with Gasteiger partial charge in [0, 0.05) is 24.2 Å². The molecule has 0 saturated heterocycles. The van der Waals surface area contributed by atoms with E-state index in [0.717, 1.165) is 4.47 Å². The molecule has 0 atom stereocenters. The third-order valence-corrected chi connectivity index (χ3v) is 3.36. The van der Waals surface area contributed by atoms with Crippen molar-refractivity contribution in [2.75, 3.05) is 26.3 Å². The third-order valence-electron chi connectivity index (χ3n) is 2.54. The summed E-state index contributed by atoms with van der Waals surface area (Å²) in [6, 6.07) is 5.28. The Bertz CT molecular complexity index is 412. The van der Waals surface area contributed by atoms with Crippen LogP contribution in [0.25, 0.3) is 0 Å². The smallest absolute Gasteiger partial charge is 0.255 e. The van der Waals surface area contributed by atoms with Crippen LogP contribution in [0.5, 0.6) is 0 Å². The zero-order chi connectivity index (χ0) is 13.5. The molecule has 1 aromatic rings. The lowest BCUT2D eigenvalue weighted by Crippen LogP contribution is -2.34. The lowest BCUT2D eigenvalue weighted by atomic mass is 10.2. The number of nitrogens with zero attached hydrogens (tertiary/aromatic N) is 1. The Balaban J connectivity index is 2.79. The maximum atomic E-state index is 12.3. The normalized spacial score (nSPS) is 10.4. The number of carbonyl (C=O) groups excluding carboxylic acids is 1. The Morgan fingerprint density at radius 1 is 1.44 bits per heavy atom. The molecule has 0 spiro atoms. The molecular formula is C13H17BrClNO2. The Morgan fingerprint density at radius 2 is 2.17 bits per heavy atom. The molecule has 1 rings (SSSR count). The molecule has 18 heavy (non-hydrogen) atoms. The van der Waals surface area contributed by atoms with Crippen molar-refractivity contribution in [2.24, 2.45) is 0 Å². The largest absolute Gasteiger partial charge is 0.380 e. The van der Waals surface area contributed by atoms with Gasteiger partial charge in [-0.2, -0.15) is 0 Å². The van der Waals surface area contributed by atoms with Crippen molar-refractivity contribution in [3.05, 3.63) is 33.3 Å². The third kappa shape index (κ3) is 4.26. The van der Waals surface area contributed by atoms with Gasteiger partial charge in [0.15, 0.2) is 0 Å². The second-order valence-electron chi connectivity index (χ2n) is 3.71. The lowest BCUT2D eigenvalue weighted by molar-refractivity contribution is 0.0669. The number of amides is 1. The van der Waals surface area contributed by atoms with Crippen LogP contribution >= 0.6 is 27.5 Å². The Morgan fingerprint density at radius 3 is 2.78 bits per heavy atom. The van der Waals surface area contributed by atoms with Crippen LogP contribution in [0.1, 0.15) is 24.2 Å². The van der Waals surface area contributed by atoms with E-state index in [1.807, 2.05) is 19.9 Å². The van der Waals surface area contributed by atoms with Gasteiger partial charge in [0.05, 0.1) is 17.2 Å². The van der Waals surface area contributed by atoms with Crippen molar-refractivity contribution < 1.29 is 9.53 Å². The lowest BCUT2D eigenvalue weighted by Gasteiger charge is -2.21. The highest BCUT2D eigenvalue weighted by molar-refractivity contribution is 9.10. The SMILES string of the molecule is CCOCCN(CC)C(=O)c1cc(Br)ccc1Cl. The van der Waals surface area contributed by atoms with Crippen LogP contribution in [-0.2, 0) is 4.74 Å². The molecule has 0 aliphatic carbocycles. The maximum Gasteiger partial charge on any atom is 0.255 e. The highest BCUT2D eigenvalue weighted by Gasteiger charge is 2.17. The van der Waals surface area contributed by atoms with Crippen molar-refractivity contribution in [3.8, 4) is 0 Å². The minimum absolute atomic E-state index is 0.0662. The van der Waals surface area contributed by atoms with Crippen molar-refractivity contribution in [1.29, 1.82) is 0 Å². The molecule has 0 aliphatic rings. The molecular weight excluding hydrogens is 318 g/mol. The highest BCUT2D eigenvalue weighted by Crippen LogP contribution is 2.22. The number of carbonyl (C=O) groups is 1. The van der Waals surface area contributed by atoms with E-state index in [1.54, 1.807) is 17.0 Å². The van der Waals surface area contributed by atoms with Gasteiger partial charge in [0.2, 0.25) is 0 Å². The monoisotopic (exact) mass is 333 g/mol. The summed E-state index contributed by atoms with van der Waals surface area (Å²) in [7, 11) is 0. The Labute approximate surface area is 121 Å². The van der Waals surface area contributed by atoms with Crippen LogP contribution in [0.2, 0.25) is 5.02 Å². The number of hydrogen-bond acceptors (Lipinski definition) is 2. The maximum absolute atomic E-state index is 12.3. The first-order valence-corrected chi connectivity index (χ1v) is 7.09. The van der Waals surface area contributed by atoms with E-state index >= 15 is 0 Å². The first-order chi connectivity index (χ1) is 8.60. The molecule has 100 valence electrons. The van der Waals surface area contributed by atoms with Gasteiger partial charge in [-0.25, -0.2) is 0 Å². The van der Waals surface area contributed by atoms with E-state index in [-0.39, 0.29) is 5.91 Å². The van der Waals surface area contributed by atoms with Gasteiger partial charge in [-0.05, 0) is 32.0 Å². The van der Waals surface area contributed by atoms with Crippen molar-refractivity contribution in [2.45, 2.75) is 13.8 Å². The Hall–Kier alpha value is -0.580. The van der Waals surface area contributed by atoms with Crippen molar-refractivity contribution >= 4 is 33.4 Å². The fraction of sp³-hybridized carbons (Fsp3) is 0.462. The molecule has 0 aromatic heterocycles. The number of hydrogen-bond donors (Lipinski definition) is 0. The van der Waals surface area contributed by atoms with Gasteiger partial charge >= 0.3 is 0 Å². The Kier molecular flexibility index (Phi) is 6.68.